The molecule has 0 saturated carbocycles. The van der Waals surface area contributed by atoms with E-state index in [0.29, 0.717) is 0 Å². The topological polar surface area (TPSA) is 77.9 Å². The minimum Gasteiger partial charge on any atom is -0.335 e. The van der Waals surface area contributed by atoms with Crippen molar-refractivity contribution < 1.29 is 9.59 Å². The highest BCUT2D eigenvalue weighted by molar-refractivity contribution is 8.15. The summed E-state index contributed by atoms with van der Waals surface area (Å²) in [5.74, 6) is -0.266. The maximum Gasteiger partial charge on any atom is 0.325 e. The lowest BCUT2D eigenvalue weighted by atomic mass is 10.1. The lowest BCUT2D eigenvalue weighted by Gasteiger charge is -2.36. The predicted molar refractivity (Wildman–Crippen MR) is 122 cm³/mol. The molecule has 0 bridgehead atoms. The van der Waals surface area contributed by atoms with Crippen LogP contribution in [0.15, 0.2) is 33.6 Å². The highest BCUT2D eigenvalue weighted by atomic mass is 32.2. The number of likely N-dealkylation sites (N-methyl/N-ethyl adjacent to an activating group) is 1. The first kappa shape index (κ1) is 21.1. The Bertz CT molecular complexity index is 927. The first-order chi connectivity index (χ1) is 14.6. The zero-order valence-electron chi connectivity index (χ0n) is 17.3. The molecule has 1 fully saturated rings. The number of urea groups is 1. The Hall–Kier alpha value is -2.13. The van der Waals surface area contributed by atoms with Gasteiger partial charge in [-0.2, -0.15) is 0 Å². The third-order valence-electron chi connectivity index (χ3n) is 5.53. The third kappa shape index (κ3) is 4.32. The number of hydrogen-bond acceptors (Lipinski definition) is 7. The molecule has 1 aromatic carbocycles. The lowest BCUT2D eigenvalue weighted by molar-refractivity contribution is -0.127. The van der Waals surface area contributed by atoms with E-state index >= 15 is 0 Å². The van der Waals surface area contributed by atoms with Gasteiger partial charge in [-0.25, -0.2) is 14.8 Å². The van der Waals surface area contributed by atoms with Crippen molar-refractivity contribution in [1.82, 2.24) is 20.1 Å². The van der Waals surface area contributed by atoms with Crippen LogP contribution in [0.5, 0.6) is 0 Å². The molecule has 1 aromatic heterocycles. The Kier molecular flexibility index (Phi) is 6.58. The number of aliphatic imine (C=N–C) groups is 1. The van der Waals surface area contributed by atoms with Gasteiger partial charge in [0.15, 0.2) is 21.7 Å². The van der Waals surface area contributed by atoms with Gasteiger partial charge in [-0.05, 0) is 30.3 Å². The van der Waals surface area contributed by atoms with Gasteiger partial charge in [0.05, 0.1) is 10.2 Å². The Morgan fingerprint density at radius 1 is 1.13 bits per heavy atom. The van der Waals surface area contributed by atoms with Crippen molar-refractivity contribution in [2.45, 2.75) is 62.0 Å². The van der Waals surface area contributed by atoms with E-state index in [1.807, 2.05) is 18.2 Å². The maximum absolute atomic E-state index is 12.7. The monoisotopic (exact) mass is 445 g/mol. The summed E-state index contributed by atoms with van der Waals surface area (Å²) in [6, 6.07) is 7.18. The molecule has 2 aromatic rings. The molecule has 1 N–H and O–H groups in total. The molecule has 30 heavy (non-hydrogen) atoms. The van der Waals surface area contributed by atoms with Crippen LogP contribution in [0.25, 0.3) is 10.2 Å². The van der Waals surface area contributed by atoms with Crippen LogP contribution in [0.3, 0.4) is 0 Å². The molecule has 3 amide bonds. The average Bonchev–Trinajstić information content (AvgIpc) is 3.30. The van der Waals surface area contributed by atoms with E-state index in [4.69, 9.17) is 9.98 Å². The Morgan fingerprint density at radius 3 is 2.70 bits per heavy atom. The van der Waals surface area contributed by atoms with Crippen molar-refractivity contribution in [1.29, 1.82) is 0 Å². The van der Waals surface area contributed by atoms with E-state index < -0.39 is 18.2 Å². The van der Waals surface area contributed by atoms with Crippen LogP contribution in [-0.2, 0) is 4.79 Å². The zero-order valence-corrected chi connectivity index (χ0v) is 19.0. The van der Waals surface area contributed by atoms with Gasteiger partial charge < -0.3 is 9.80 Å². The number of thiazole rings is 1. The second-order valence-corrected chi connectivity index (χ2v) is 9.93. The molecule has 3 heterocycles. The molecule has 2 atom stereocenters. The number of fused-ring (bicyclic) bond motifs is 2. The van der Waals surface area contributed by atoms with Crippen LogP contribution < -0.4 is 5.32 Å². The normalized spacial score (nSPS) is 21.2. The third-order valence-corrected chi connectivity index (χ3v) is 7.65. The van der Waals surface area contributed by atoms with Crippen molar-refractivity contribution in [2.24, 2.45) is 4.99 Å². The summed E-state index contributed by atoms with van der Waals surface area (Å²) in [6.07, 6.45) is 6.60. The lowest BCUT2D eigenvalue weighted by Crippen LogP contribution is -2.63. The van der Waals surface area contributed by atoms with Crippen molar-refractivity contribution in [3.05, 3.63) is 24.3 Å². The van der Waals surface area contributed by atoms with E-state index in [9.17, 15) is 9.59 Å². The van der Waals surface area contributed by atoms with Crippen LogP contribution in [0.4, 0.5) is 4.79 Å². The van der Waals surface area contributed by atoms with E-state index in [1.165, 1.54) is 42.3 Å². The van der Waals surface area contributed by atoms with Crippen LogP contribution >= 0.6 is 23.1 Å². The number of hydrogen-bond donors (Lipinski definition) is 1. The molecular formula is C21H27N5O2S2. The summed E-state index contributed by atoms with van der Waals surface area (Å²) in [4.78, 5) is 37.8. The molecule has 160 valence electrons. The number of benzene rings is 1. The molecule has 2 aliphatic heterocycles. The number of amides is 3. The van der Waals surface area contributed by atoms with Crippen molar-refractivity contribution >= 4 is 50.4 Å². The molecular weight excluding hydrogens is 418 g/mol. The first-order valence-electron chi connectivity index (χ1n) is 10.5. The molecule has 1 saturated heterocycles. The number of para-hydroxylation sites is 1. The summed E-state index contributed by atoms with van der Waals surface area (Å²) in [5, 5.41) is 3.24. The fourth-order valence-corrected chi connectivity index (χ4v) is 6.00. The highest BCUT2D eigenvalue weighted by Gasteiger charge is 2.48. The fourth-order valence-electron chi connectivity index (χ4n) is 3.86. The van der Waals surface area contributed by atoms with Crippen LogP contribution in [0, 0.1) is 0 Å². The molecule has 0 radical (unpaired) electrons. The summed E-state index contributed by atoms with van der Waals surface area (Å²) in [7, 11) is 1.69. The van der Waals surface area contributed by atoms with Gasteiger partial charge >= 0.3 is 6.03 Å². The number of aromatic nitrogens is 1. The van der Waals surface area contributed by atoms with Crippen molar-refractivity contribution in [2.75, 3.05) is 13.6 Å². The summed E-state index contributed by atoms with van der Waals surface area (Å²) < 4.78 is 2.03. The molecule has 4 rings (SSSR count). The number of nitrogens with zero attached hydrogens (tertiary/aromatic N) is 4. The highest BCUT2D eigenvalue weighted by Crippen LogP contribution is 2.35. The standard InChI is InChI=1S/C21H27N5O2S2/c1-3-4-5-6-7-10-13-26-16-17(25(2)19(28)24-18(16)27)23-20(26)30-21-22-14-11-8-9-12-15(14)29-21/h8-9,11-12,16-17H,3-7,10,13H2,1-2H3,(H,24,27,28). The van der Waals surface area contributed by atoms with Crippen LogP contribution in [-0.4, -0.2) is 57.7 Å². The summed E-state index contributed by atoms with van der Waals surface area (Å²) >= 11 is 3.12. The average molecular weight is 446 g/mol. The number of carbonyl (C=O) groups is 2. The zero-order chi connectivity index (χ0) is 21.1. The van der Waals surface area contributed by atoms with Crippen LogP contribution in [0.1, 0.15) is 45.4 Å². The molecule has 2 aliphatic rings. The minimum absolute atomic E-state index is 0.266. The first-order valence-corrected chi connectivity index (χ1v) is 12.2. The van der Waals surface area contributed by atoms with Crippen LogP contribution in [0.2, 0.25) is 0 Å². The van der Waals surface area contributed by atoms with Gasteiger partial charge in [-0.3, -0.25) is 10.1 Å². The Morgan fingerprint density at radius 2 is 1.90 bits per heavy atom. The fraction of sp³-hybridized carbons (Fsp3) is 0.524. The van der Waals surface area contributed by atoms with Gasteiger partial charge in [0.1, 0.15) is 0 Å². The number of carbonyl (C=O) groups excluding carboxylic acids is 2. The van der Waals surface area contributed by atoms with Crippen molar-refractivity contribution in [3.63, 3.8) is 0 Å². The number of rotatable bonds is 8. The summed E-state index contributed by atoms with van der Waals surface area (Å²) in [6.45, 7) is 2.96. The Labute approximate surface area is 184 Å². The Balaban J connectivity index is 1.51. The number of imide groups is 1. The quantitative estimate of drug-likeness (QED) is 0.613. The van der Waals surface area contributed by atoms with E-state index in [-0.39, 0.29) is 5.91 Å². The van der Waals surface area contributed by atoms with E-state index in [0.717, 1.165) is 39.1 Å². The maximum atomic E-state index is 12.7. The van der Waals surface area contributed by atoms with Gasteiger partial charge in [0.25, 0.3) is 5.91 Å². The van der Waals surface area contributed by atoms with Gasteiger partial charge in [-0.15, -0.1) is 11.3 Å². The minimum atomic E-state index is -0.483. The second-order valence-electron chi connectivity index (χ2n) is 7.69. The van der Waals surface area contributed by atoms with E-state index in [1.54, 1.807) is 18.4 Å². The molecule has 9 heteroatoms. The van der Waals surface area contributed by atoms with Crippen molar-refractivity contribution in [3.8, 4) is 0 Å². The number of thioether (sulfide) groups is 1. The second kappa shape index (κ2) is 9.34. The largest absolute Gasteiger partial charge is 0.335 e. The van der Waals surface area contributed by atoms with Gasteiger partial charge in [0.2, 0.25) is 0 Å². The van der Waals surface area contributed by atoms with E-state index in [2.05, 4.69) is 23.2 Å². The SMILES string of the molecule is CCCCCCCCN1C(Sc2nc3ccccc3s2)=NC2C1C(=O)NC(=O)N2C. The van der Waals surface area contributed by atoms with Gasteiger partial charge in [-0.1, -0.05) is 51.2 Å². The molecule has 7 nitrogen and oxygen atoms in total. The molecule has 2 unspecified atom stereocenters. The number of amidine groups is 1. The summed E-state index contributed by atoms with van der Waals surface area (Å²) in [5.41, 5.74) is 0.966. The molecule has 0 spiro atoms. The smallest absolute Gasteiger partial charge is 0.325 e. The predicted octanol–water partition coefficient (Wildman–Crippen LogP) is 4.30. The number of nitrogens with one attached hydrogen (secondary N) is 1. The molecule has 0 aliphatic carbocycles. The van der Waals surface area contributed by atoms with Gasteiger partial charge in [0, 0.05) is 13.6 Å². The number of unbranched alkanes of at least 4 members (excludes halogenated alkanes) is 5.